The lowest BCUT2D eigenvalue weighted by molar-refractivity contribution is -0.135. The summed E-state index contributed by atoms with van der Waals surface area (Å²) in [6.07, 6.45) is 1.72. The summed E-state index contributed by atoms with van der Waals surface area (Å²) in [6, 6.07) is 4.70. The van der Waals surface area contributed by atoms with Crippen LogP contribution in [0.1, 0.15) is 43.9 Å². The lowest BCUT2D eigenvalue weighted by atomic mass is 10.0. The number of hydrogen-bond donors (Lipinski definition) is 1. The van der Waals surface area contributed by atoms with Crippen LogP contribution >= 0.6 is 0 Å². The highest BCUT2D eigenvalue weighted by molar-refractivity contribution is 6.21. The van der Waals surface area contributed by atoms with Crippen LogP contribution in [0.15, 0.2) is 18.2 Å². The molecule has 0 aliphatic carbocycles. The van der Waals surface area contributed by atoms with Crippen molar-refractivity contribution in [1.29, 1.82) is 0 Å². The number of carbonyl (C=O) groups is 4. The highest BCUT2D eigenvalue weighted by Crippen LogP contribution is 2.25. The van der Waals surface area contributed by atoms with Gasteiger partial charge in [0, 0.05) is 44.8 Å². The molecule has 0 saturated carbocycles. The second-order valence-corrected chi connectivity index (χ2v) is 7.24. The minimum Gasteiger partial charge on any atom is -0.337 e. The molecule has 27 heavy (non-hydrogen) atoms. The van der Waals surface area contributed by atoms with Crippen molar-refractivity contribution in [2.24, 2.45) is 0 Å². The quantitative estimate of drug-likeness (QED) is 0.737. The first-order valence-corrected chi connectivity index (χ1v) is 9.23. The Labute approximate surface area is 157 Å². The Morgan fingerprint density at radius 1 is 1.11 bits per heavy atom. The molecule has 142 valence electrons. The third kappa shape index (κ3) is 2.99. The molecule has 4 amide bonds. The van der Waals surface area contributed by atoms with Gasteiger partial charge in [0.25, 0.3) is 17.7 Å². The first kappa shape index (κ1) is 17.7. The highest BCUT2D eigenvalue weighted by atomic mass is 16.2. The van der Waals surface area contributed by atoms with Crippen molar-refractivity contribution >= 4 is 23.6 Å². The number of carbonyl (C=O) groups excluding carboxylic acids is 4. The van der Waals surface area contributed by atoms with E-state index in [1.54, 1.807) is 17.0 Å². The number of benzene rings is 1. The Kier molecular flexibility index (Phi) is 4.43. The van der Waals surface area contributed by atoms with E-state index in [9.17, 15) is 19.2 Å². The standard InChI is InChI=1S/C19H22N4O4/c1-21-18(26)14-5-4-12(9-15(14)19(21)27)17(25)22-7-2-3-13(11-22)23-8-6-20-10-16(23)24/h4-5,9,13,20H,2-3,6-8,10-11H2,1H3. The van der Waals surface area contributed by atoms with Gasteiger partial charge in [-0.1, -0.05) is 0 Å². The summed E-state index contributed by atoms with van der Waals surface area (Å²) in [5.74, 6) is -0.818. The SMILES string of the molecule is CN1C(=O)c2ccc(C(=O)N3CCCC(N4CCNCC4=O)C3)cc2C1=O. The van der Waals surface area contributed by atoms with E-state index in [2.05, 4.69) is 5.32 Å². The number of amides is 4. The third-order valence-corrected chi connectivity index (χ3v) is 5.59. The van der Waals surface area contributed by atoms with Crippen LogP contribution in [-0.4, -0.2) is 84.1 Å². The number of imide groups is 1. The maximum atomic E-state index is 13.0. The van der Waals surface area contributed by atoms with Crippen LogP contribution in [0.2, 0.25) is 0 Å². The van der Waals surface area contributed by atoms with Crippen molar-refractivity contribution in [3.63, 3.8) is 0 Å². The number of fused-ring (bicyclic) bond motifs is 1. The first-order valence-electron chi connectivity index (χ1n) is 9.23. The van der Waals surface area contributed by atoms with Crippen LogP contribution in [0.25, 0.3) is 0 Å². The summed E-state index contributed by atoms with van der Waals surface area (Å²) in [5.41, 5.74) is 1.01. The van der Waals surface area contributed by atoms with E-state index in [1.165, 1.54) is 13.1 Å². The van der Waals surface area contributed by atoms with E-state index >= 15 is 0 Å². The summed E-state index contributed by atoms with van der Waals surface area (Å²) >= 11 is 0. The van der Waals surface area contributed by atoms with Gasteiger partial charge < -0.3 is 15.1 Å². The van der Waals surface area contributed by atoms with E-state index in [0.29, 0.717) is 37.3 Å². The van der Waals surface area contributed by atoms with Crippen LogP contribution in [0.5, 0.6) is 0 Å². The van der Waals surface area contributed by atoms with Crippen LogP contribution in [-0.2, 0) is 4.79 Å². The zero-order chi connectivity index (χ0) is 19.1. The van der Waals surface area contributed by atoms with Crippen LogP contribution in [0, 0.1) is 0 Å². The molecule has 2 saturated heterocycles. The minimum atomic E-state index is -0.382. The molecule has 8 nitrogen and oxygen atoms in total. The summed E-state index contributed by atoms with van der Waals surface area (Å²) in [7, 11) is 1.44. The first-order chi connectivity index (χ1) is 13.0. The zero-order valence-electron chi connectivity index (χ0n) is 15.2. The minimum absolute atomic E-state index is 0.0288. The van der Waals surface area contributed by atoms with Crippen molar-refractivity contribution in [1.82, 2.24) is 20.0 Å². The summed E-state index contributed by atoms with van der Waals surface area (Å²) in [6.45, 7) is 2.89. The van der Waals surface area contributed by atoms with Gasteiger partial charge in [-0.05, 0) is 31.0 Å². The van der Waals surface area contributed by atoms with E-state index in [4.69, 9.17) is 0 Å². The van der Waals surface area contributed by atoms with Crippen molar-refractivity contribution in [3.8, 4) is 0 Å². The van der Waals surface area contributed by atoms with E-state index in [-0.39, 0.29) is 35.2 Å². The number of piperazine rings is 1. The molecule has 1 aromatic carbocycles. The van der Waals surface area contributed by atoms with Gasteiger partial charge in [-0.2, -0.15) is 0 Å². The molecule has 3 aliphatic heterocycles. The molecular weight excluding hydrogens is 348 g/mol. The Morgan fingerprint density at radius 2 is 1.89 bits per heavy atom. The topological polar surface area (TPSA) is 90.0 Å². The second-order valence-electron chi connectivity index (χ2n) is 7.24. The largest absolute Gasteiger partial charge is 0.337 e. The summed E-state index contributed by atoms with van der Waals surface area (Å²) in [4.78, 5) is 54.0. The number of hydrogen-bond acceptors (Lipinski definition) is 5. The zero-order valence-corrected chi connectivity index (χ0v) is 15.2. The molecule has 3 aliphatic rings. The smallest absolute Gasteiger partial charge is 0.261 e. The average Bonchev–Trinajstić information content (AvgIpc) is 2.91. The molecule has 3 heterocycles. The normalized spacial score (nSPS) is 23.1. The van der Waals surface area contributed by atoms with Gasteiger partial charge in [-0.3, -0.25) is 24.1 Å². The highest BCUT2D eigenvalue weighted by Gasteiger charge is 2.35. The van der Waals surface area contributed by atoms with Gasteiger partial charge in [0.05, 0.1) is 17.7 Å². The number of nitrogens with zero attached hydrogens (tertiary/aromatic N) is 3. The second kappa shape index (κ2) is 6.77. The van der Waals surface area contributed by atoms with Gasteiger partial charge >= 0.3 is 0 Å². The Hall–Kier alpha value is -2.74. The van der Waals surface area contributed by atoms with Gasteiger partial charge in [-0.25, -0.2) is 0 Å². The van der Waals surface area contributed by atoms with Crippen LogP contribution in [0.4, 0.5) is 0 Å². The molecule has 0 bridgehead atoms. The number of likely N-dealkylation sites (tertiary alicyclic amines) is 1. The molecule has 1 aromatic rings. The molecule has 1 atom stereocenters. The maximum absolute atomic E-state index is 13.0. The van der Waals surface area contributed by atoms with Crippen molar-refractivity contribution in [2.45, 2.75) is 18.9 Å². The van der Waals surface area contributed by atoms with Crippen LogP contribution < -0.4 is 5.32 Å². The predicted octanol–water partition coefficient (Wildman–Crippen LogP) is -0.0512. The van der Waals surface area contributed by atoms with Crippen molar-refractivity contribution in [3.05, 3.63) is 34.9 Å². The molecule has 8 heteroatoms. The number of rotatable bonds is 2. The fourth-order valence-corrected chi connectivity index (χ4v) is 4.08. The van der Waals surface area contributed by atoms with Gasteiger partial charge in [0.2, 0.25) is 5.91 Å². The van der Waals surface area contributed by atoms with E-state index < -0.39 is 0 Å². The summed E-state index contributed by atoms with van der Waals surface area (Å²) in [5, 5.41) is 3.06. The fraction of sp³-hybridized carbons (Fsp3) is 0.474. The van der Waals surface area contributed by atoms with E-state index in [1.807, 2.05) is 4.90 Å². The molecule has 0 radical (unpaired) electrons. The van der Waals surface area contributed by atoms with Crippen molar-refractivity contribution in [2.75, 3.05) is 39.8 Å². The molecule has 1 unspecified atom stereocenters. The molecule has 4 rings (SSSR count). The lowest BCUT2D eigenvalue weighted by Crippen LogP contribution is -2.57. The number of nitrogens with one attached hydrogen (secondary N) is 1. The average molecular weight is 370 g/mol. The molecule has 2 fully saturated rings. The Balaban J connectivity index is 1.52. The van der Waals surface area contributed by atoms with Crippen molar-refractivity contribution < 1.29 is 19.2 Å². The molecule has 1 N–H and O–H groups in total. The fourth-order valence-electron chi connectivity index (χ4n) is 4.08. The molecule has 0 aromatic heterocycles. The third-order valence-electron chi connectivity index (χ3n) is 5.59. The number of piperidine rings is 1. The van der Waals surface area contributed by atoms with Crippen LogP contribution in [0.3, 0.4) is 0 Å². The predicted molar refractivity (Wildman–Crippen MR) is 96.4 cm³/mol. The lowest BCUT2D eigenvalue weighted by Gasteiger charge is -2.41. The van der Waals surface area contributed by atoms with E-state index in [0.717, 1.165) is 24.3 Å². The van der Waals surface area contributed by atoms with Gasteiger partial charge in [-0.15, -0.1) is 0 Å². The summed E-state index contributed by atoms with van der Waals surface area (Å²) < 4.78 is 0. The Bertz CT molecular complexity index is 837. The Morgan fingerprint density at radius 3 is 2.67 bits per heavy atom. The molecular formula is C19H22N4O4. The maximum Gasteiger partial charge on any atom is 0.261 e. The van der Waals surface area contributed by atoms with Gasteiger partial charge in [0.15, 0.2) is 0 Å². The molecule has 0 spiro atoms. The van der Waals surface area contributed by atoms with Gasteiger partial charge in [0.1, 0.15) is 0 Å². The monoisotopic (exact) mass is 370 g/mol.